The maximum Gasteiger partial charge on any atom is 0.223 e. The SMILES string of the molecule is Cc1cc(C(C)Nc2cccnc2C#N)c2oc(-c3cccnc3F)c(C)c(=O)c2c1. The van der Waals surface area contributed by atoms with Crippen LogP contribution in [0, 0.1) is 31.1 Å². The minimum atomic E-state index is -0.707. The van der Waals surface area contributed by atoms with Gasteiger partial charge in [-0.2, -0.15) is 9.65 Å². The average Bonchev–Trinajstić information content (AvgIpc) is 2.77. The average molecular weight is 414 g/mol. The molecule has 0 saturated carbocycles. The maximum absolute atomic E-state index is 14.4. The summed E-state index contributed by atoms with van der Waals surface area (Å²) < 4.78 is 20.5. The van der Waals surface area contributed by atoms with Crippen molar-refractivity contribution in [3.8, 4) is 17.4 Å². The normalized spacial score (nSPS) is 11.8. The van der Waals surface area contributed by atoms with Gasteiger partial charge >= 0.3 is 0 Å². The van der Waals surface area contributed by atoms with Crippen LogP contribution < -0.4 is 10.7 Å². The van der Waals surface area contributed by atoms with Crippen LogP contribution in [0.3, 0.4) is 0 Å². The van der Waals surface area contributed by atoms with E-state index in [2.05, 4.69) is 21.4 Å². The molecular weight excluding hydrogens is 395 g/mol. The molecule has 1 aromatic carbocycles. The number of hydrogen-bond donors (Lipinski definition) is 1. The second-order valence-corrected chi connectivity index (χ2v) is 7.34. The van der Waals surface area contributed by atoms with Crippen molar-refractivity contribution in [3.05, 3.63) is 87.3 Å². The van der Waals surface area contributed by atoms with E-state index in [9.17, 15) is 14.4 Å². The van der Waals surface area contributed by atoms with Gasteiger partial charge in [-0.05, 0) is 56.7 Å². The third-order valence-corrected chi connectivity index (χ3v) is 5.15. The molecule has 1 atom stereocenters. The Kier molecular flexibility index (Phi) is 5.22. The maximum atomic E-state index is 14.4. The smallest absolute Gasteiger partial charge is 0.223 e. The van der Waals surface area contributed by atoms with Crippen molar-refractivity contribution in [1.82, 2.24) is 9.97 Å². The fourth-order valence-corrected chi connectivity index (χ4v) is 3.62. The van der Waals surface area contributed by atoms with Crippen LogP contribution in [0.5, 0.6) is 0 Å². The number of halogens is 1. The molecule has 31 heavy (non-hydrogen) atoms. The molecule has 0 fully saturated rings. The lowest BCUT2D eigenvalue weighted by atomic mass is 9.99. The third kappa shape index (κ3) is 3.64. The highest BCUT2D eigenvalue weighted by molar-refractivity contribution is 5.84. The van der Waals surface area contributed by atoms with Crippen molar-refractivity contribution in [1.29, 1.82) is 5.26 Å². The summed E-state index contributed by atoms with van der Waals surface area (Å²) in [7, 11) is 0. The highest BCUT2D eigenvalue weighted by atomic mass is 19.1. The number of benzene rings is 1. The van der Waals surface area contributed by atoms with Gasteiger partial charge in [0.05, 0.1) is 22.7 Å². The van der Waals surface area contributed by atoms with E-state index in [1.165, 1.54) is 12.3 Å². The van der Waals surface area contributed by atoms with Crippen molar-refractivity contribution in [2.45, 2.75) is 26.8 Å². The fraction of sp³-hybridized carbons (Fsp3) is 0.167. The van der Waals surface area contributed by atoms with Crippen LogP contribution in [0.25, 0.3) is 22.3 Å². The second kappa shape index (κ2) is 8.00. The molecule has 0 amide bonds. The summed E-state index contributed by atoms with van der Waals surface area (Å²) in [6, 6.07) is 12.0. The number of aryl methyl sites for hydroxylation is 1. The molecule has 7 heteroatoms. The van der Waals surface area contributed by atoms with Crippen LogP contribution in [0.4, 0.5) is 10.1 Å². The summed E-state index contributed by atoms with van der Waals surface area (Å²) >= 11 is 0. The molecule has 0 aliphatic heterocycles. The van der Waals surface area contributed by atoms with Crippen LogP contribution in [0.15, 0.2) is 58.0 Å². The Hall–Kier alpha value is -4.05. The molecule has 6 nitrogen and oxygen atoms in total. The molecule has 0 aliphatic carbocycles. The first-order chi connectivity index (χ1) is 14.9. The summed E-state index contributed by atoms with van der Waals surface area (Å²) in [6.07, 6.45) is 2.89. The van der Waals surface area contributed by atoms with Crippen LogP contribution in [0.2, 0.25) is 0 Å². The largest absolute Gasteiger partial charge is 0.455 e. The van der Waals surface area contributed by atoms with Gasteiger partial charge in [-0.15, -0.1) is 0 Å². The number of anilines is 1. The highest BCUT2D eigenvalue weighted by Gasteiger charge is 2.21. The van der Waals surface area contributed by atoms with Gasteiger partial charge in [-0.1, -0.05) is 6.07 Å². The zero-order valence-electron chi connectivity index (χ0n) is 17.2. The third-order valence-electron chi connectivity index (χ3n) is 5.15. The Bertz CT molecular complexity index is 1410. The molecule has 1 unspecified atom stereocenters. The fourth-order valence-electron chi connectivity index (χ4n) is 3.62. The van der Waals surface area contributed by atoms with Gasteiger partial charge in [0.1, 0.15) is 17.4 Å². The van der Waals surface area contributed by atoms with Crippen molar-refractivity contribution >= 4 is 16.7 Å². The van der Waals surface area contributed by atoms with Crippen LogP contribution in [-0.4, -0.2) is 9.97 Å². The number of nitrogens with zero attached hydrogens (tertiary/aromatic N) is 3. The Morgan fingerprint density at radius 2 is 1.90 bits per heavy atom. The molecule has 0 bridgehead atoms. The molecular formula is C24H19FN4O2. The van der Waals surface area contributed by atoms with E-state index in [4.69, 9.17) is 4.42 Å². The molecule has 154 valence electrons. The van der Waals surface area contributed by atoms with Crippen molar-refractivity contribution in [2.75, 3.05) is 5.32 Å². The zero-order valence-corrected chi connectivity index (χ0v) is 17.2. The molecule has 3 heterocycles. The topological polar surface area (TPSA) is 91.8 Å². The first kappa shape index (κ1) is 20.2. The van der Waals surface area contributed by atoms with Gasteiger partial charge in [-0.3, -0.25) is 4.79 Å². The van der Waals surface area contributed by atoms with Crippen molar-refractivity contribution in [2.24, 2.45) is 0 Å². The lowest BCUT2D eigenvalue weighted by Gasteiger charge is -2.19. The monoisotopic (exact) mass is 414 g/mol. The van der Waals surface area contributed by atoms with E-state index < -0.39 is 5.95 Å². The number of hydrogen-bond acceptors (Lipinski definition) is 6. The second-order valence-electron chi connectivity index (χ2n) is 7.34. The van der Waals surface area contributed by atoms with E-state index in [1.54, 1.807) is 37.4 Å². The number of rotatable bonds is 4. The first-order valence-corrected chi connectivity index (χ1v) is 9.71. The lowest BCUT2D eigenvalue weighted by molar-refractivity contribution is 0.564. The van der Waals surface area contributed by atoms with E-state index in [0.29, 0.717) is 27.8 Å². The van der Waals surface area contributed by atoms with Crippen LogP contribution >= 0.6 is 0 Å². The number of nitrogens with one attached hydrogen (secondary N) is 1. The van der Waals surface area contributed by atoms with E-state index in [-0.39, 0.29) is 28.5 Å². The van der Waals surface area contributed by atoms with Gasteiger partial charge in [0, 0.05) is 23.5 Å². The van der Waals surface area contributed by atoms with E-state index in [1.807, 2.05) is 19.9 Å². The Morgan fingerprint density at radius 1 is 1.16 bits per heavy atom. The summed E-state index contributed by atoms with van der Waals surface area (Å²) in [5.41, 5.74) is 3.01. The molecule has 0 radical (unpaired) electrons. The number of nitriles is 1. The van der Waals surface area contributed by atoms with Crippen LogP contribution in [0.1, 0.15) is 35.3 Å². The van der Waals surface area contributed by atoms with E-state index in [0.717, 1.165) is 5.56 Å². The Balaban J connectivity index is 1.92. The Labute approximate surface area is 178 Å². The van der Waals surface area contributed by atoms with Gasteiger partial charge in [-0.25, -0.2) is 9.97 Å². The molecule has 0 spiro atoms. The van der Waals surface area contributed by atoms with Gasteiger partial charge in [0.2, 0.25) is 5.95 Å². The molecule has 4 rings (SSSR count). The predicted octanol–water partition coefficient (Wildman–Crippen LogP) is 5.05. The first-order valence-electron chi connectivity index (χ1n) is 9.71. The van der Waals surface area contributed by atoms with Crippen LogP contribution in [-0.2, 0) is 0 Å². The zero-order chi connectivity index (χ0) is 22.1. The van der Waals surface area contributed by atoms with E-state index >= 15 is 0 Å². The molecule has 0 saturated heterocycles. The van der Waals surface area contributed by atoms with Gasteiger partial charge < -0.3 is 9.73 Å². The van der Waals surface area contributed by atoms with Gasteiger partial charge in [0.15, 0.2) is 11.1 Å². The predicted molar refractivity (Wildman–Crippen MR) is 116 cm³/mol. The number of fused-ring (bicyclic) bond motifs is 1. The summed E-state index contributed by atoms with van der Waals surface area (Å²) in [5, 5.41) is 13.0. The summed E-state index contributed by atoms with van der Waals surface area (Å²) in [4.78, 5) is 20.9. The molecule has 3 aromatic heterocycles. The lowest BCUT2D eigenvalue weighted by Crippen LogP contribution is -2.13. The highest BCUT2D eigenvalue weighted by Crippen LogP contribution is 2.32. The van der Waals surface area contributed by atoms with Gasteiger partial charge in [0.25, 0.3) is 0 Å². The minimum Gasteiger partial charge on any atom is -0.455 e. The quantitative estimate of drug-likeness (QED) is 0.470. The molecule has 0 aliphatic rings. The number of aromatic nitrogens is 2. The molecule has 1 N–H and O–H groups in total. The standard InChI is InChI=1S/C24H19FN4O2/c1-13-10-17(15(3)29-19-7-5-8-27-20(19)12-26)23-18(11-13)21(30)14(2)22(31-23)16-6-4-9-28-24(16)25/h4-11,15,29H,1-3H3. The van der Waals surface area contributed by atoms with Crippen molar-refractivity contribution < 1.29 is 8.81 Å². The summed E-state index contributed by atoms with van der Waals surface area (Å²) in [6.45, 7) is 5.40. The summed E-state index contributed by atoms with van der Waals surface area (Å²) in [5.74, 6) is -0.554. The minimum absolute atomic E-state index is 0.130. The Morgan fingerprint density at radius 3 is 2.65 bits per heavy atom. The van der Waals surface area contributed by atoms with Crippen molar-refractivity contribution in [3.63, 3.8) is 0 Å². The number of pyridine rings is 2. The molecule has 4 aromatic rings.